The highest BCUT2D eigenvalue weighted by Gasteiger charge is 2.14. The quantitative estimate of drug-likeness (QED) is 0.882. The maximum absolute atomic E-state index is 12.7. The van der Waals surface area contributed by atoms with Crippen molar-refractivity contribution < 1.29 is 0 Å². The summed E-state index contributed by atoms with van der Waals surface area (Å²) >= 11 is 1.55. The first-order valence-corrected chi connectivity index (χ1v) is 8.37. The lowest BCUT2D eigenvalue weighted by atomic mass is 10.1. The van der Waals surface area contributed by atoms with Gasteiger partial charge in [0.05, 0.1) is 11.3 Å². The third-order valence-corrected chi connectivity index (χ3v) is 4.24. The highest BCUT2D eigenvalue weighted by molar-refractivity contribution is 7.14. The Hall–Kier alpha value is -1.62. The average Bonchev–Trinajstić information content (AvgIpc) is 2.89. The molecule has 0 saturated heterocycles. The second-order valence-corrected chi connectivity index (χ2v) is 6.12. The number of pyridine rings is 1. The molecule has 0 aliphatic rings. The van der Waals surface area contributed by atoms with Crippen LogP contribution in [0.4, 0.5) is 5.13 Å². The van der Waals surface area contributed by atoms with E-state index in [0.717, 1.165) is 53.6 Å². The van der Waals surface area contributed by atoms with E-state index in [1.54, 1.807) is 11.3 Å². The van der Waals surface area contributed by atoms with Crippen LogP contribution in [0.3, 0.4) is 0 Å². The molecule has 0 atom stereocenters. The van der Waals surface area contributed by atoms with Crippen molar-refractivity contribution in [3.05, 3.63) is 33.1 Å². The standard InChI is InChI=1S/C16H23N3OS/c1-5-7-17-16-18-13(10-21-16)14-11(3)9-12(4)19(8-6-2)15(14)20/h9-10H,5-8H2,1-4H3,(H,17,18). The van der Waals surface area contributed by atoms with E-state index in [0.29, 0.717) is 0 Å². The predicted octanol–water partition coefficient (Wildman–Crippen LogP) is 3.82. The number of aromatic nitrogens is 2. The smallest absolute Gasteiger partial charge is 0.260 e. The van der Waals surface area contributed by atoms with Crippen LogP contribution in [0.1, 0.15) is 37.9 Å². The fourth-order valence-electron chi connectivity index (χ4n) is 2.44. The summed E-state index contributed by atoms with van der Waals surface area (Å²) in [6, 6.07) is 2.07. The van der Waals surface area contributed by atoms with E-state index >= 15 is 0 Å². The highest BCUT2D eigenvalue weighted by Crippen LogP contribution is 2.25. The maximum atomic E-state index is 12.7. The lowest BCUT2D eigenvalue weighted by molar-refractivity contribution is 0.635. The number of nitrogens with one attached hydrogen (secondary N) is 1. The minimum absolute atomic E-state index is 0.0710. The molecule has 0 radical (unpaired) electrons. The van der Waals surface area contributed by atoms with E-state index in [9.17, 15) is 4.79 Å². The molecule has 1 N–H and O–H groups in total. The zero-order valence-electron chi connectivity index (χ0n) is 13.2. The molecule has 114 valence electrons. The van der Waals surface area contributed by atoms with Crippen LogP contribution in [-0.2, 0) is 6.54 Å². The number of hydrogen-bond acceptors (Lipinski definition) is 4. The van der Waals surface area contributed by atoms with Crippen molar-refractivity contribution in [1.82, 2.24) is 9.55 Å². The highest BCUT2D eigenvalue weighted by atomic mass is 32.1. The van der Waals surface area contributed by atoms with Gasteiger partial charge in [-0.3, -0.25) is 4.79 Å². The maximum Gasteiger partial charge on any atom is 0.260 e. The Morgan fingerprint density at radius 3 is 2.71 bits per heavy atom. The molecule has 0 saturated carbocycles. The summed E-state index contributed by atoms with van der Waals surface area (Å²) in [4.78, 5) is 17.3. The second-order valence-electron chi connectivity index (χ2n) is 5.27. The summed E-state index contributed by atoms with van der Waals surface area (Å²) in [6.45, 7) is 9.83. The first-order valence-electron chi connectivity index (χ1n) is 7.49. The van der Waals surface area contributed by atoms with E-state index in [-0.39, 0.29) is 5.56 Å². The van der Waals surface area contributed by atoms with Crippen LogP contribution in [0.25, 0.3) is 11.3 Å². The van der Waals surface area contributed by atoms with Gasteiger partial charge in [0.1, 0.15) is 0 Å². The van der Waals surface area contributed by atoms with Crippen LogP contribution in [-0.4, -0.2) is 16.1 Å². The molecule has 0 fully saturated rings. The fraction of sp³-hybridized carbons (Fsp3) is 0.500. The number of anilines is 1. The van der Waals surface area contributed by atoms with E-state index in [1.807, 2.05) is 23.8 Å². The summed E-state index contributed by atoms with van der Waals surface area (Å²) in [5.41, 5.74) is 3.60. The van der Waals surface area contributed by atoms with Crippen molar-refractivity contribution in [2.45, 2.75) is 47.1 Å². The van der Waals surface area contributed by atoms with Gasteiger partial charge in [-0.1, -0.05) is 13.8 Å². The molecule has 0 aliphatic carbocycles. The second kappa shape index (κ2) is 6.89. The van der Waals surface area contributed by atoms with Gasteiger partial charge < -0.3 is 9.88 Å². The molecule has 0 spiro atoms. The summed E-state index contributed by atoms with van der Waals surface area (Å²) in [5, 5.41) is 6.12. The number of hydrogen-bond donors (Lipinski definition) is 1. The molecule has 0 bridgehead atoms. The first-order chi connectivity index (χ1) is 10.1. The molecule has 0 aliphatic heterocycles. The zero-order valence-corrected chi connectivity index (χ0v) is 14.0. The average molecular weight is 305 g/mol. The molecule has 0 aromatic carbocycles. The Morgan fingerprint density at radius 1 is 1.29 bits per heavy atom. The largest absolute Gasteiger partial charge is 0.362 e. The molecular weight excluding hydrogens is 282 g/mol. The molecule has 0 unspecified atom stereocenters. The zero-order chi connectivity index (χ0) is 15.4. The summed E-state index contributed by atoms with van der Waals surface area (Å²) in [7, 11) is 0. The SMILES string of the molecule is CCCNc1nc(-c2c(C)cc(C)n(CCC)c2=O)cs1. The molecule has 21 heavy (non-hydrogen) atoms. The van der Waals surface area contributed by atoms with Gasteiger partial charge in [-0.05, 0) is 38.3 Å². The van der Waals surface area contributed by atoms with Crippen LogP contribution >= 0.6 is 11.3 Å². The van der Waals surface area contributed by atoms with Gasteiger partial charge in [0.2, 0.25) is 0 Å². The van der Waals surface area contributed by atoms with Crippen LogP contribution in [0.2, 0.25) is 0 Å². The number of thiazole rings is 1. The Balaban J connectivity index is 2.46. The normalized spacial score (nSPS) is 10.9. The van der Waals surface area contributed by atoms with Crippen molar-refractivity contribution in [3.63, 3.8) is 0 Å². The monoisotopic (exact) mass is 305 g/mol. The molecule has 5 heteroatoms. The Bertz CT molecular complexity index is 673. The van der Waals surface area contributed by atoms with Gasteiger partial charge in [-0.15, -0.1) is 11.3 Å². The lowest BCUT2D eigenvalue weighted by Crippen LogP contribution is -2.24. The van der Waals surface area contributed by atoms with Crippen molar-refractivity contribution in [1.29, 1.82) is 0 Å². The Labute approximate surface area is 129 Å². The fourth-order valence-corrected chi connectivity index (χ4v) is 3.17. The van der Waals surface area contributed by atoms with Crippen molar-refractivity contribution in [2.24, 2.45) is 0 Å². The van der Waals surface area contributed by atoms with Crippen LogP contribution in [0, 0.1) is 13.8 Å². The van der Waals surface area contributed by atoms with Gasteiger partial charge in [-0.2, -0.15) is 0 Å². The summed E-state index contributed by atoms with van der Waals surface area (Å²) < 4.78 is 1.85. The first kappa shape index (κ1) is 15.8. The molecule has 0 amide bonds. The topological polar surface area (TPSA) is 46.9 Å². The molecule has 2 heterocycles. The van der Waals surface area contributed by atoms with E-state index in [1.165, 1.54) is 0 Å². The van der Waals surface area contributed by atoms with Gasteiger partial charge in [-0.25, -0.2) is 4.98 Å². The third-order valence-electron chi connectivity index (χ3n) is 3.44. The van der Waals surface area contributed by atoms with Gasteiger partial charge >= 0.3 is 0 Å². The Morgan fingerprint density at radius 2 is 2.05 bits per heavy atom. The molecule has 2 aromatic heterocycles. The van der Waals surface area contributed by atoms with E-state index < -0.39 is 0 Å². The third kappa shape index (κ3) is 3.35. The lowest BCUT2D eigenvalue weighted by Gasteiger charge is -2.12. The van der Waals surface area contributed by atoms with Crippen LogP contribution < -0.4 is 10.9 Å². The molecule has 4 nitrogen and oxygen atoms in total. The predicted molar refractivity (Wildman–Crippen MR) is 90.4 cm³/mol. The van der Waals surface area contributed by atoms with Gasteiger partial charge in [0.15, 0.2) is 5.13 Å². The van der Waals surface area contributed by atoms with Crippen molar-refractivity contribution >= 4 is 16.5 Å². The number of rotatable bonds is 6. The number of aryl methyl sites for hydroxylation is 2. The molecule has 2 aromatic rings. The van der Waals surface area contributed by atoms with Crippen LogP contribution in [0.5, 0.6) is 0 Å². The minimum atomic E-state index is 0.0710. The van der Waals surface area contributed by atoms with Crippen molar-refractivity contribution in [3.8, 4) is 11.3 Å². The summed E-state index contributed by atoms with van der Waals surface area (Å²) in [6.07, 6.45) is 2.01. The van der Waals surface area contributed by atoms with E-state index in [2.05, 4.69) is 30.2 Å². The minimum Gasteiger partial charge on any atom is -0.362 e. The van der Waals surface area contributed by atoms with Gasteiger partial charge in [0.25, 0.3) is 5.56 Å². The van der Waals surface area contributed by atoms with Gasteiger partial charge in [0, 0.05) is 24.2 Å². The molecule has 2 rings (SSSR count). The number of nitrogens with zero attached hydrogens (tertiary/aromatic N) is 2. The molecular formula is C16H23N3OS. The summed E-state index contributed by atoms with van der Waals surface area (Å²) in [5.74, 6) is 0. The Kier molecular flexibility index (Phi) is 5.17. The van der Waals surface area contributed by atoms with Crippen LogP contribution in [0.15, 0.2) is 16.2 Å². The van der Waals surface area contributed by atoms with Crippen molar-refractivity contribution in [2.75, 3.05) is 11.9 Å². The van der Waals surface area contributed by atoms with E-state index in [4.69, 9.17) is 0 Å².